The van der Waals surface area contributed by atoms with Gasteiger partial charge in [-0.25, -0.2) is 4.99 Å². The smallest absolute Gasteiger partial charge is 0.188 e. The normalized spacial score (nSPS) is 11.7. The number of nitrogens with one attached hydrogen (secondary N) is 1. The Kier molecular flexibility index (Phi) is 5.49. The Morgan fingerprint density at radius 3 is 2.72 bits per heavy atom. The maximum Gasteiger partial charge on any atom is 0.188 e. The number of guanidine groups is 1. The van der Waals surface area contributed by atoms with E-state index in [0.29, 0.717) is 18.4 Å². The molecule has 1 aromatic rings. The van der Waals surface area contributed by atoms with Crippen LogP contribution in [-0.4, -0.2) is 26.6 Å². The molecular weight excluding hydrogens is 224 g/mol. The van der Waals surface area contributed by atoms with Gasteiger partial charge in [0.1, 0.15) is 0 Å². The lowest BCUT2D eigenvalue weighted by atomic mass is 10.2. The lowest BCUT2D eigenvalue weighted by molar-refractivity contribution is 0.622. The van der Waals surface area contributed by atoms with E-state index in [1.807, 2.05) is 20.2 Å². The molecule has 18 heavy (non-hydrogen) atoms. The van der Waals surface area contributed by atoms with Crippen molar-refractivity contribution in [1.82, 2.24) is 5.32 Å². The van der Waals surface area contributed by atoms with Gasteiger partial charge in [-0.1, -0.05) is 26.0 Å². The molecule has 0 bridgehead atoms. The van der Waals surface area contributed by atoms with Crippen LogP contribution >= 0.6 is 0 Å². The van der Waals surface area contributed by atoms with Crippen LogP contribution in [0.4, 0.5) is 5.69 Å². The number of hydrogen-bond donors (Lipinski definition) is 2. The molecule has 0 aromatic heterocycles. The molecule has 4 nitrogen and oxygen atoms in total. The van der Waals surface area contributed by atoms with E-state index in [4.69, 9.17) is 5.73 Å². The fraction of sp³-hybridized carbons (Fsp3) is 0.500. The van der Waals surface area contributed by atoms with Crippen LogP contribution in [0.3, 0.4) is 0 Å². The average molecular weight is 248 g/mol. The van der Waals surface area contributed by atoms with E-state index in [1.54, 1.807) is 0 Å². The summed E-state index contributed by atoms with van der Waals surface area (Å²) >= 11 is 0. The van der Waals surface area contributed by atoms with E-state index in [0.717, 1.165) is 12.1 Å². The van der Waals surface area contributed by atoms with Gasteiger partial charge in [-0.05, 0) is 23.6 Å². The van der Waals surface area contributed by atoms with Crippen LogP contribution in [0, 0.1) is 5.92 Å². The summed E-state index contributed by atoms with van der Waals surface area (Å²) in [7, 11) is 4.06. The van der Waals surface area contributed by atoms with Crippen LogP contribution < -0.4 is 16.0 Å². The lowest BCUT2D eigenvalue weighted by Crippen LogP contribution is -2.34. The zero-order valence-corrected chi connectivity index (χ0v) is 11.8. The Labute approximate surface area is 110 Å². The van der Waals surface area contributed by atoms with Crippen molar-refractivity contribution in [2.45, 2.75) is 20.4 Å². The van der Waals surface area contributed by atoms with E-state index in [9.17, 15) is 0 Å². The molecule has 0 radical (unpaired) electrons. The number of nitrogens with zero attached hydrogens (tertiary/aromatic N) is 2. The van der Waals surface area contributed by atoms with Crippen molar-refractivity contribution in [3.8, 4) is 0 Å². The summed E-state index contributed by atoms with van der Waals surface area (Å²) in [5.74, 6) is 1.08. The molecule has 0 fully saturated rings. The quantitative estimate of drug-likeness (QED) is 0.617. The number of benzene rings is 1. The van der Waals surface area contributed by atoms with Crippen molar-refractivity contribution in [2.24, 2.45) is 16.6 Å². The highest BCUT2D eigenvalue weighted by Crippen LogP contribution is 2.13. The second-order valence-corrected chi connectivity index (χ2v) is 5.04. The van der Waals surface area contributed by atoms with Crippen molar-refractivity contribution in [3.63, 3.8) is 0 Å². The summed E-state index contributed by atoms with van der Waals surface area (Å²) in [4.78, 5) is 6.41. The molecule has 1 rings (SSSR count). The minimum absolute atomic E-state index is 0.513. The molecule has 0 amide bonds. The predicted molar refractivity (Wildman–Crippen MR) is 78.9 cm³/mol. The maximum atomic E-state index is 5.80. The van der Waals surface area contributed by atoms with Gasteiger partial charge in [0.25, 0.3) is 0 Å². The van der Waals surface area contributed by atoms with Crippen LogP contribution in [0.15, 0.2) is 29.3 Å². The van der Waals surface area contributed by atoms with Gasteiger partial charge >= 0.3 is 0 Å². The summed E-state index contributed by atoms with van der Waals surface area (Å²) in [5, 5.41) is 3.11. The SMILES string of the molecule is CC(C)CNC(N)=NCc1cccc(N(C)C)c1. The van der Waals surface area contributed by atoms with Crippen molar-refractivity contribution in [2.75, 3.05) is 25.5 Å². The average Bonchev–Trinajstić information content (AvgIpc) is 2.34. The number of aliphatic imine (C=N–C) groups is 1. The summed E-state index contributed by atoms with van der Waals surface area (Å²) in [6, 6.07) is 8.30. The molecule has 0 saturated carbocycles. The molecule has 3 N–H and O–H groups in total. The summed E-state index contributed by atoms with van der Waals surface area (Å²) in [6.45, 7) is 5.74. The zero-order chi connectivity index (χ0) is 13.5. The first kappa shape index (κ1) is 14.4. The molecule has 0 aliphatic rings. The molecule has 100 valence electrons. The molecule has 1 aromatic carbocycles. The van der Waals surface area contributed by atoms with Crippen molar-refractivity contribution >= 4 is 11.6 Å². The molecule has 0 saturated heterocycles. The number of rotatable bonds is 5. The second-order valence-electron chi connectivity index (χ2n) is 5.04. The molecule has 0 atom stereocenters. The molecule has 0 aliphatic heterocycles. The van der Waals surface area contributed by atoms with Crippen molar-refractivity contribution < 1.29 is 0 Å². The molecule has 0 heterocycles. The largest absolute Gasteiger partial charge is 0.378 e. The first-order valence-electron chi connectivity index (χ1n) is 6.29. The van der Waals surface area contributed by atoms with Gasteiger partial charge < -0.3 is 16.0 Å². The molecule has 0 unspecified atom stereocenters. The maximum absolute atomic E-state index is 5.80. The lowest BCUT2D eigenvalue weighted by Gasteiger charge is -2.13. The highest BCUT2D eigenvalue weighted by Gasteiger charge is 1.98. The van der Waals surface area contributed by atoms with Crippen LogP contribution in [0.5, 0.6) is 0 Å². The minimum atomic E-state index is 0.513. The van der Waals surface area contributed by atoms with E-state index in [2.05, 4.69) is 47.3 Å². The van der Waals surface area contributed by atoms with Crippen LogP contribution in [-0.2, 0) is 6.54 Å². The Bertz CT molecular complexity index is 397. The summed E-state index contributed by atoms with van der Waals surface area (Å²) < 4.78 is 0. The molecule has 0 aliphatic carbocycles. The first-order valence-corrected chi connectivity index (χ1v) is 6.29. The Morgan fingerprint density at radius 1 is 1.39 bits per heavy atom. The minimum Gasteiger partial charge on any atom is -0.378 e. The Hall–Kier alpha value is -1.71. The number of nitrogens with two attached hydrogens (primary N) is 1. The molecule has 4 heteroatoms. The zero-order valence-electron chi connectivity index (χ0n) is 11.8. The van der Waals surface area contributed by atoms with Gasteiger partial charge in [-0.2, -0.15) is 0 Å². The van der Waals surface area contributed by atoms with E-state index in [1.165, 1.54) is 5.69 Å². The van der Waals surface area contributed by atoms with Crippen LogP contribution in [0.2, 0.25) is 0 Å². The van der Waals surface area contributed by atoms with Crippen molar-refractivity contribution in [1.29, 1.82) is 0 Å². The predicted octanol–water partition coefficient (Wildman–Crippen LogP) is 1.81. The highest BCUT2D eigenvalue weighted by atomic mass is 15.1. The third kappa shape index (κ3) is 5.08. The van der Waals surface area contributed by atoms with Gasteiger partial charge in [0, 0.05) is 26.3 Å². The van der Waals surface area contributed by atoms with Gasteiger partial charge in [0.05, 0.1) is 6.54 Å². The first-order chi connectivity index (χ1) is 8.49. The van der Waals surface area contributed by atoms with Gasteiger partial charge in [0.2, 0.25) is 0 Å². The van der Waals surface area contributed by atoms with E-state index >= 15 is 0 Å². The van der Waals surface area contributed by atoms with Crippen molar-refractivity contribution in [3.05, 3.63) is 29.8 Å². The second kappa shape index (κ2) is 6.89. The summed E-state index contributed by atoms with van der Waals surface area (Å²) in [5.41, 5.74) is 8.14. The monoisotopic (exact) mass is 248 g/mol. The number of hydrogen-bond acceptors (Lipinski definition) is 2. The van der Waals surface area contributed by atoms with Crippen LogP contribution in [0.1, 0.15) is 19.4 Å². The van der Waals surface area contributed by atoms with Gasteiger partial charge in [-0.3, -0.25) is 0 Å². The Balaban J connectivity index is 2.56. The van der Waals surface area contributed by atoms with E-state index in [-0.39, 0.29) is 0 Å². The fourth-order valence-corrected chi connectivity index (χ4v) is 1.47. The standard InChI is InChI=1S/C14H24N4/c1-11(2)9-16-14(15)17-10-12-6-5-7-13(8-12)18(3)4/h5-8,11H,9-10H2,1-4H3,(H3,15,16,17). The van der Waals surface area contributed by atoms with Gasteiger partial charge in [0.15, 0.2) is 5.96 Å². The Morgan fingerprint density at radius 2 is 2.11 bits per heavy atom. The topological polar surface area (TPSA) is 53.6 Å². The highest BCUT2D eigenvalue weighted by molar-refractivity contribution is 5.77. The van der Waals surface area contributed by atoms with E-state index < -0.39 is 0 Å². The molecular formula is C14H24N4. The number of anilines is 1. The van der Waals surface area contributed by atoms with Gasteiger partial charge in [-0.15, -0.1) is 0 Å². The fourth-order valence-electron chi connectivity index (χ4n) is 1.47. The third-order valence-electron chi connectivity index (χ3n) is 2.55. The third-order valence-corrected chi connectivity index (χ3v) is 2.55. The summed E-state index contributed by atoms with van der Waals surface area (Å²) in [6.07, 6.45) is 0. The van der Waals surface area contributed by atoms with Crippen LogP contribution in [0.25, 0.3) is 0 Å². The molecule has 0 spiro atoms.